The number of hydrogen-bond donors (Lipinski definition) is 1. The first-order valence-corrected chi connectivity index (χ1v) is 13.1. The van der Waals surface area contributed by atoms with Gasteiger partial charge in [0.05, 0.1) is 23.6 Å². The number of benzene rings is 2. The molecule has 40 heavy (non-hydrogen) atoms. The van der Waals surface area contributed by atoms with Gasteiger partial charge in [0.25, 0.3) is 0 Å². The molecule has 0 amide bonds. The summed E-state index contributed by atoms with van der Waals surface area (Å²) in [4.78, 5) is 21.2. The van der Waals surface area contributed by atoms with Crippen molar-refractivity contribution in [3.8, 4) is 0 Å². The fourth-order valence-electron chi connectivity index (χ4n) is 5.08. The van der Waals surface area contributed by atoms with Crippen molar-refractivity contribution in [1.29, 1.82) is 0 Å². The summed E-state index contributed by atoms with van der Waals surface area (Å²) in [5.74, 6) is -0.893. The Labute approximate surface area is 254 Å². The third kappa shape index (κ3) is 7.53. The van der Waals surface area contributed by atoms with Crippen molar-refractivity contribution >= 4 is 48.8 Å². The van der Waals surface area contributed by atoms with Gasteiger partial charge in [-0.3, -0.25) is 9.69 Å². The van der Waals surface area contributed by atoms with Gasteiger partial charge in [-0.15, -0.1) is 37.2 Å². The zero-order valence-electron chi connectivity index (χ0n) is 22.8. The van der Waals surface area contributed by atoms with Crippen LogP contribution in [0.2, 0.25) is 0 Å². The van der Waals surface area contributed by atoms with Gasteiger partial charge in [-0.2, -0.15) is 5.10 Å². The standard InChI is InChI=1S/C30H35N5O2.3ClH/c1-30(2,29(36)37)26-22-35-27(31-26)16-15-25(32-35)14-9-17-33-18-20-34(21-19-33)28(23-10-5-3-6-11-23)24-12-7-4-8-13-24;;;/h3-8,10-13,15-16,22,28H,9,14,17-21H2,1-2H3,(H,36,37);3*1H. The molecule has 0 atom stereocenters. The lowest BCUT2D eigenvalue weighted by Gasteiger charge is -2.39. The van der Waals surface area contributed by atoms with Gasteiger partial charge >= 0.3 is 5.97 Å². The van der Waals surface area contributed by atoms with E-state index < -0.39 is 11.4 Å². The van der Waals surface area contributed by atoms with Crippen molar-refractivity contribution < 1.29 is 9.90 Å². The maximum absolute atomic E-state index is 11.6. The van der Waals surface area contributed by atoms with Gasteiger partial charge in [-0.25, -0.2) is 9.50 Å². The van der Waals surface area contributed by atoms with Gasteiger partial charge in [-0.05, 0) is 56.5 Å². The topological polar surface area (TPSA) is 74.0 Å². The molecule has 0 bridgehead atoms. The molecule has 0 unspecified atom stereocenters. The molecule has 3 heterocycles. The molecular weight excluding hydrogens is 569 g/mol. The Kier molecular flexibility index (Phi) is 12.4. The van der Waals surface area contributed by atoms with E-state index in [4.69, 9.17) is 0 Å². The highest BCUT2D eigenvalue weighted by molar-refractivity contribution is 5.86. The predicted octanol–water partition coefficient (Wildman–Crippen LogP) is 5.70. The van der Waals surface area contributed by atoms with E-state index in [1.54, 1.807) is 24.6 Å². The lowest BCUT2D eigenvalue weighted by molar-refractivity contribution is -0.142. The van der Waals surface area contributed by atoms with E-state index in [1.165, 1.54) is 11.1 Å². The Morgan fingerprint density at radius 1 is 0.875 bits per heavy atom. The smallest absolute Gasteiger partial charge is 0.315 e. The molecule has 2 aromatic heterocycles. The minimum Gasteiger partial charge on any atom is -0.481 e. The largest absolute Gasteiger partial charge is 0.481 e. The molecule has 2 aromatic carbocycles. The number of aliphatic carboxylic acids is 1. The predicted molar refractivity (Wildman–Crippen MR) is 166 cm³/mol. The second-order valence-corrected chi connectivity index (χ2v) is 10.4. The molecule has 1 aliphatic heterocycles. The molecular formula is C30H38Cl3N5O2. The van der Waals surface area contributed by atoms with Gasteiger partial charge in [0.15, 0.2) is 5.65 Å². The van der Waals surface area contributed by atoms with E-state index in [9.17, 15) is 9.90 Å². The van der Waals surface area contributed by atoms with Gasteiger partial charge in [-0.1, -0.05) is 60.7 Å². The average Bonchev–Trinajstić information content (AvgIpc) is 3.35. The van der Waals surface area contributed by atoms with Crippen molar-refractivity contribution in [3.05, 3.63) is 102 Å². The van der Waals surface area contributed by atoms with E-state index in [2.05, 4.69) is 80.5 Å². The van der Waals surface area contributed by atoms with Crippen molar-refractivity contribution in [1.82, 2.24) is 24.4 Å². The van der Waals surface area contributed by atoms with E-state index in [0.717, 1.165) is 51.3 Å². The van der Waals surface area contributed by atoms with Crippen LogP contribution in [0.5, 0.6) is 0 Å². The normalized spacial score (nSPS) is 14.3. The summed E-state index contributed by atoms with van der Waals surface area (Å²) in [6.45, 7) is 8.55. The second kappa shape index (κ2) is 14.8. The van der Waals surface area contributed by atoms with Crippen LogP contribution in [0.15, 0.2) is 79.0 Å². The van der Waals surface area contributed by atoms with Crippen LogP contribution in [0.3, 0.4) is 0 Å². The summed E-state index contributed by atoms with van der Waals surface area (Å²) in [5, 5.41) is 14.2. The SMILES string of the molecule is CC(C)(C(=O)O)c1cn2nc(CCCN3CCN(C(c4ccccc4)c4ccccc4)CC3)ccc2n1.Cl.Cl.Cl. The average molecular weight is 607 g/mol. The van der Waals surface area contributed by atoms with Crippen LogP contribution in [0.4, 0.5) is 0 Å². The molecule has 5 rings (SSSR count). The van der Waals surface area contributed by atoms with Crippen LogP contribution in [0.1, 0.15) is 48.8 Å². The Balaban J connectivity index is 0.00000187. The molecule has 0 spiro atoms. The first kappa shape index (κ1) is 33.5. The number of imidazole rings is 1. The van der Waals surface area contributed by atoms with Gasteiger partial charge in [0.2, 0.25) is 0 Å². The maximum Gasteiger partial charge on any atom is 0.315 e. The Morgan fingerprint density at radius 3 is 2.00 bits per heavy atom. The zero-order valence-corrected chi connectivity index (χ0v) is 25.3. The molecule has 1 saturated heterocycles. The number of fused-ring (bicyclic) bond motifs is 1. The zero-order chi connectivity index (χ0) is 25.8. The fourth-order valence-corrected chi connectivity index (χ4v) is 5.08. The number of carboxylic acids is 1. The third-order valence-electron chi connectivity index (χ3n) is 7.46. The molecule has 4 aromatic rings. The third-order valence-corrected chi connectivity index (χ3v) is 7.46. The van der Waals surface area contributed by atoms with Crippen molar-refractivity contribution in [2.45, 2.75) is 38.1 Å². The maximum atomic E-state index is 11.6. The summed E-state index contributed by atoms with van der Waals surface area (Å²) in [7, 11) is 0. The lowest BCUT2D eigenvalue weighted by Crippen LogP contribution is -2.48. The number of aromatic nitrogens is 3. The van der Waals surface area contributed by atoms with Crippen molar-refractivity contribution in [3.63, 3.8) is 0 Å². The first-order valence-electron chi connectivity index (χ1n) is 13.1. The van der Waals surface area contributed by atoms with Crippen molar-refractivity contribution in [2.24, 2.45) is 0 Å². The van der Waals surface area contributed by atoms with Crippen LogP contribution < -0.4 is 0 Å². The first-order chi connectivity index (χ1) is 17.9. The van der Waals surface area contributed by atoms with Crippen molar-refractivity contribution in [2.75, 3.05) is 32.7 Å². The monoisotopic (exact) mass is 605 g/mol. The Bertz CT molecular complexity index is 1300. The molecule has 0 aliphatic carbocycles. The molecule has 0 saturated carbocycles. The number of hydrogen-bond acceptors (Lipinski definition) is 5. The molecule has 1 fully saturated rings. The van der Waals surface area contributed by atoms with Crippen LogP contribution in [-0.2, 0) is 16.6 Å². The van der Waals surface area contributed by atoms with Crippen LogP contribution in [0.25, 0.3) is 5.65 Å². The highest BCUT2D eigenvalue weighted by Crippen LogP contribution is 2.29. The van der Waals surface area contributed by atoms with Gasteiger partial charge < -0.3 is 10.0 Å². The highest BCUT2D eigenvalue weighted by Gasteiger charge is 2.32. The second-order valence-electron chi connectivity index (χ2n) is 10.4. The Hall–Kier alpha value is -2.68. The summed E-state index contributed by atoms with van der Waals surface area (Å²) < 4.78 is 1.71. The van der Waals surface area contributed by atoms with Crippen LogP contribution >= 0.6 is 37.2 Å². The van der Waals surface area contributed by atoms with E-state index >= 15 is 0 Å². The van der Waals surface area contributed by atoms with E-state index in [0.29, 0.717) is 11.3 Å². The lowest BCUT2D eigenvalue weighted by atomic mass is 9.90. The number of rotatable bonds is 9. The molecule has 216 valence electrons. The van der Waals surface area contributed by atoms with Crippen LogP contribution in [-0.4, -0.2) is 68.2 Å². The molecule has 1 aliphatic rings. The molecule has 1 N–H and O–H groups in total. The summed E-state index contributed by atoms with van der Waals surface area (Å²) in [5.41, 5.74) is 3.84. The molecule has 10 heteroatoms. The summed E-state index contributed by atoms with van der Waals surface area (Å²) in [6.07, 6.45) is 3.65. The number of aryl methyl sites for hydroxylation is 1. The minimum absolute atomic E-state index is 0. The quantitative estimate of drug-likeness (QED) is 0.264. The van der Waals surface area contributed by atoms with Gasteiger partial charge in [0, 0.05) is 26.2 Å². The summed E-state index contributed by atoms with van der Waals surface area (Å²) in [6, 6.07) is 25.8. The number of nitrogens with zero attached hydrogens (tertiary/aromatic N) is 5. The number of carboxylic acid groups (broad SMARTS) is 1. The van der Waals surface area contributed by atoms with E-state index in [1.807, 2.05) is 12.1 Å². The Morgan fingerprint density at radius 2 is 1.45 bits per heavy atom. The minimum atomic E-state index is -1.05. The number of halogens is 3. The van der Waals surface area contributed by atoms with Crippen LogP contribution in [0, 0.1) is 0 Å². The number of carbonyl (C=O) groups is 1. The fraction of sp³-hybridized carbons (Fsp3) is 0.367. The highest BCUT2D eigenvalue weighted by atomic mass is 35.5. The summed E-state index contributed by atoms with van der Waals surface area (Å²) >= 11 is 0. The van der Waals surface area contributed by atoms with Gasteiger partial charge in [0.1, 0.15) is 5.41 Å². The number of piperazine rings is 1. The molecule has 0 radical (unpaired) electrons. The molecule has 7 nitrogen and oxygen atoms in total. The van der Waals surface area contributed by atoms with E-state index in [-0.39, 0.29) is 43.3 Å².